The summed E-state index contributed by atoms with van der Waals surface area (Å²) in [6, 6.07) is 7.34. The summed E-state index contributed by atoms with van der Waals surface area (Å²) in [7, 11) is 0. The second-order valence-corrected chi connectivity index (χ2v) is 8.62. The second kappa shape index (κ2) is 7.53. The van der Waals surface area contributed by atoms with Crippen LogP contribution in [0.1, 0.15) is 50.5 Å². The third-order valence-corrected chi connectivity index (χ3v) is 7.17. The molecule has 0 bridgehead atoms. The fourth-order valence-corrected chi connectivity index (χ4v) is 5.84. The van der Waals surface area contributed by atoms with E-state index < -0.39 is 0 Å². The van der Waals surface area contributed by atoms with Crippen molar-refractivity contribution in [3.8, 4) is 0 Å². The molecule has 4 heteroatoms. The summed E-state index contributed by atoms with van der Waals surface area (Å²) in [4.78, 5) is 5.47. The van der Waals surface area contributed by atoms with E-state index in [1.165, 1.54) is 58.0 Å². The average molecular weight is 367 g/mol. The quantitative estimate of drug-likeness (QED) is 0.723. The van der Waals surface area contributed by atoms with Crippen LogP contribution >= 0.6 is 23.2 Å². The van der Waals surface area contributed by atoms with Crippen molar-refractivity contribution in [1.29, 1.82) is 0 Å². The zero-order valence-electron chi connectivity index (χ0n) is 14.4. The number of halogens is 2. The molecule has 3 fully saturated rings. The Labute approximate surface area is 156 Å². The van der Waals surface area contributed by atoms with Crippen molar-refractivity contribution in [3.63, 3.8) is 0 Å². The zero-order chi connectivity index (χ0) is 16.5. The maximum atomic E-state index is 6.47. The van der Waals surface area contributed by atoms with Crippen LogP contribution in [0.2, 0.25) is 10.0 Å². The van der Waals surface area contributed by atoms with Gasteiger partial charge in [0.15, 0.2) is 0 Å². The lowest BCUT2D eigenvalue weighted by Gasteiger charge is -2.49. The normalized spacial score (nSPS) is 29.8. The Bertz CT molecular complexity index is 551. The third kappa shape index (κ3) is 3.35. The molecule has 2 saturated heterocycles. The highest BCUT2D eigenvalue weighted by Gasteiger charge is 2.43. The fraction of sp³-hybridized carbons (Fsp3) is 0.700. The summed E-state index contributed by atoms with van der Waals surface area (Å²) < 4.78 is 0. The van der Waals surface area contributed by atoms with Crippen molar-refractivity contribution in [1.82, 2.24) is 9.80 Å². The Balaban J connectivity index is 1.59. The van der Waals surface area contributed by atoms with Crippen LogP contribution in [0.4, 0.5) is 0 Å². The molecule has 0 spiro atoms. The van der Waals surface area contributed by atoms with Crippen LogP contribution in [0, 0.1) is 5.92 Å². The van der Waals surface area contributed by atoms with Crippen LogP contribution < -0.4 is 0 Å². The van der Waals surface area contributed by atoms with E-state index in [0.717, 1.165) is 40.7 Å². The fourth-order valence-electron chi connectivity index (χ4n) is 5.32. The molecule has 1 aromatic rings. The van der Waals surface area contributed by atoms with Crippen molar-refractivity contribution in [3.05, 3.63) is 33.8 Å². The SMILES string of the molecule is Clc1cccc(Cl)c1CN1CCN2CCCC2C1C1CCCCC1. The molecule has 2 atom stereocenters. The van der Waals surface area contributed by atoms with Crippen molar-refractivity contribution in [2.45, 2.75) is 63.6 Å². The van der Waals surface area contributed by atoms with Gasteiger partial charge < -0.3 is 0 Å². The summed E-state index contributed by atoms with van der Waals surface area (Å²) in [6.45, 7) is 4.56. The molecule has 132 valence electrons. The molecule has 0 radical (unpaired) electrons. The van der Waals surface area contributed by atoms with Crippen LogP contribution in [0.25, 0.3) is 0 Å². The van der Waals surface area contributed by atoms with Gasteiger partial charge in [0.2, 0.25) is 0 Å². The minimum absolute atomic E-state index is 0.689. The zero-order valence-corrected chi connectivity index (χ0v) is 15.9. The van der Waals surface area contributed by atoms with Gasteiger partial charge >= 0.3 is 0 Å². The molecule has 0 amide bonds. The number of benzene rings is 1. The van der Waals surface area contributed by atoms with E-state index >= 15 is 0 Å². The Kier molecular flexibility index (Phi) is 5.38. The molecule has 0 aromatic heterocycles. The van der Waals surface area contributed by atoms with Gasteiger partial charge in [-0.1, -0.05) is 48.5 Å². The van der Waals surface area contributed by atoms with Gasteiger partial charge in [-0.3, -0.25) is 9.80 Å². The number of hydrogen-bond donors (Lipinski definition) is 0. The van der Waals surface area contributed by atoms with Gasteiger partial charge in [-0.15, -0.1) is 0 Å². The lowest BCUT2D eigenvalue weighted by atomic mass is 9.78. The van der Waals surface area contributed by atoms with E-state index in [4.69, 9.17) is 23.2 Å². The minimum Gasteiger partial charge on any atom is -0.298 e. The van der Waals surface area contributed by atoms with Gasteiger partial charge in [0, 0.05) is 47.3 Å². The van der Waals surface area contributed by atoms with Gasteiger partial charge in [-0.25, -0.2) is 0 Å². The smallest absolute Gasteiger partial charge is 0.0465 e. The second-order valence-electron chi connectivity index (χ2n) is 7.80. The van der Waals surface area contributed by atoms with Crippen LogP contribution in [-0.2, 0) is 6.54 Å². The van der Waals surface area contributed by atoms with Crippen molar-refractivity contribution in [2.24, 2.45) is 5.92 Å². The van der Waals surface area contributed by atoms with E-state index in [2.05, 4.69) is 9.80 Å². The molecule has 1 saturated carbocycles. The molecule has 4 rings (SSSR count). The maximum absolute atomic E-state index is 6.47. The van der Waals surface area contributed by atoms with E-state index in [1.807, 2.05) is 18.2 Å². The number of rotatable bonds is 3. The van der Waals surface area contributed by atoms with Gasteiger partial charge in [0.1, 0.15) is 0 Å². The van der Waals surface area contributed by atoms with E-state index in [-0.39, 0.29) is 0 Å². The molecule has 24 heavy (non-hydrogen) atoms. The van der Waals surface area contributed by atoms with Gasteiger partial charge in [-0.05, 0) is 50.3 Å². The van der Waals surface area contributed by atoms with E-state index in [9.17, 15) is 0 Å². The number of nitrogens with zero attached hydrogens (tertiary/aromatic N) is 2. The van der Waals surface area contributed by atoms with Crippen molar-refractivity contribution >= 4 is 23.2 Å². The van der Waals surface area contributed by atoms with Crippen LogP contribution in [-0.4, -0.2) is 41.5 Å². The summed E-state index contributed by atoms with van der Waals surface area (Å²) in [5.41, 5.74) is 1.12. The highest BCUT2D eigenvalue weighted by Crippen LogP contribution is 2.39. The standard InChI is InChI=1S/C20H28Cl2N2/c21-17-8-4-9-18(22)16(17)14-24-13-12-23-11-5-10-19(23)20(24)15-6-2-1-3-7-15/h4,8-9,15,19-20H,1-3,5-7,10-14H2. The largest absolute Gasteiger partial charge is 0.298 e. The van der Waals surface area contributed by atoms with Crippen molar-refractivity contribution < 1.29 is 0 Å². The first-order chi connectivity index (χ1) is 11.7. The summed E-state index contributed by atoms with van der Waals surface area (Å²) in [5.74, 6) is 0.853. The van der Waals surface area contributed by atoms with E-state index in [1.54, 1.807) is 0 Å². The minimum atomic E-state index is 0.689. The number of fused-ring (bicyclic) bond motifs is 1. The average Bonchev–Trinajstić information content (AvgIpc) is 3.07. The molecular weight excluding hydrogens is 339 g/mol. The number of piperazine rings is 1. The molecule has 2 aliphatic heterocycles. The number of hydrogen-bond acceptors (Lipinski definition) is 2. The summed E-state index contributed by atoms with van der Waals surface area (Å²) >= 11 is 12.9. The van der Waals surface area contributed by atoms with Gasteiger partial charge in [0.25, 0.3) is 0 Å². The molecule has 1 aromatic carbocycles. The first kappa shape index (κ1) is 17.1. The monoisotopic (exact) mass is 366 g/mol. The predicted molar refractivity (Wildman–Crippen MR) is 102 cm³/mol. The first-order valence-electron chi connectivity index (χ1n) is 9.65. The van der Waals surface area contributed by atoms with Gasteiger partial charge in [0.05, 0.1) is 0 Å². The van der Waals surface area contributed by atoms with Crippen LogP contribution in [0.15, 0.2) is 18.2 Å². The Morgan fingerprint density at radius 2 is 1.62 bits per heavy atom. The molecule has 2 heterocycles. The molecule has 1 aliphatic carbocycles. The highest BCUT2D eigenvalue weighted by molar-refractivity contribution is 6.35. The van der Waals surface area contributed by atoms with E-state index in [0.29, 0.717) is 6.04 Å². The maximum Gasteiger partial charge on any atom is 0.0465 e. The molecule has 2 unspecified atom stereocenters. The predicted octanol–water partition coefficient (Wildman–Crippen LogP) is 5.22. The molecule has 2 nitrogen and oxygen atoms in total. The molecular formula is C20H28Cl2N2. The first-order valence-corrected chi connectivity index (χ1v) is 10.4. The lowest BCUT2D eigenvalue weighted by molar-refractivity contribution is -0.00377. The topological polar surface area (TPSA) is 6.48 Å². The Morgan fingerprint density at radius 1 is 0.875 bits per heavy atom. The highest BCUT2D eigenvalue weighted by atomic mass is 35.5. The van der Waals surface area contributed by atoms with Gasteiger partial charge in [-0.2, -0.15) is 0 Å². The van der Waals surface area contributed by atoms with Crippen molar-refractivity contribution in [2.75, 3.05) is 19.6 Å². The third-order valence-electron chi connectivity index (χ3n) is 6.46. The van der Waals surface area contributed by atoms with Crippen LogP contribution in [0.3, 0.4) is 0 Å². The Morgan fingerprint density at radius 3 is 2.38 bits per heavy atom. The lowest BCUT2D eigenvalue weighted by Crippen LogP contribution is -2.59. The van der Waals surface area contributed by atoms with Crippen LogP contribution in [0.5, 0.6) is 0 Å². The Hall–Kier alpha value is -0.280. The summed E-state index contributed by atoms with van der Waals surface area (Å²) in [5, 5.41) is 1.64. The summed E-state index contributed by atoms with van der Waals surface area (Å²) in [6.07, 6.45) is 9.79. The molecule has 0 N–H and O–H groups in total. The molecule has 3 aliphatic rings.